The SMILES string of the molecule is CC(C)(C)CC1CCN1. The molecule has 1 saturated heterocycles. The summed E-state index contributed by atoms with van der Waals surface area (Å²) in [5.41, 5.74) is 0.512. The number of nitrogens with one attached hydrogen (secondary N) is 1. The van der Waals surface area contributed by atoms with Crippen LogP contribution in [0.15, 0.2) is 0 Å². The van der Waals surface area contributed by atoms with Crippen LogP contribution in [0.25, 0.3) is 0 Å². The van der Waals surface area contributed by atoms with Crippen LogP contribution < -0.4 is 5.32 Å². The summed E-state index contributed by atoms with van der Waals surface area (Å²) in [7, 11) is 0. The van der Waals surface area contributed by atoms with Gasteiger partial charge in [0.1, 0.15) is 0 Å². The van der Waals surface area contributed by atoms with Gasteiger partial charge in [-0.3, -0.25) is 0 Å². The van der Waals surface area contributed by atoms with Crippen molar-refractivity contribution < 1.29 is 0 Å². The lowest BCUT2D eigenvalue weighted by Crippen LogP contribution is -2.44. The van der Waals surface area contributed by atoms with Crippen molar-refractivity contribution >= 4 is 0 Å². The average Bonchev–Trinajstić information content (AvgIpc) is 1.53. The molecule has 0 bridgehead atoms. The molecule has 1 heterocycles. The molecule has 0 aromatic carbocycles. The molecule has 1 fully saturated rings. The van der Waals surface area contributed by atoms with Gasteiger partial charge in [-0.15, -0.1) is 0 Å². The number of hydrogen-bond donors (Lipinski definition) is 1. The van der Waals surface area contributed by atoms with Gasteiger partial charge in [-0.2, -0.15) is 0 Å². The van der Waals surface area contributed by atoms with E-state index in [4.69, 9.17) is 0 Å². The van der Waals surface area contributed by atoms with Crippen LogP contribution in [0.2, 0.25) is 0 Å². The van der Waals surface area contributed by atoms with E-state index in [-0.39, 0.29) is 0 Å². The highest BCUT2D eigenvalue weighted by Crippen LogP contribution is 2.24. The van der Waals surface area contributed by atoms with Gasteiger partial charge >= 0.3 is 0 Å². The quantitative estimate of drug-likeness (QED) is 0.566. The maximum atomic E-state index is 3.40. The van der Waals surface area contributed by atoms with Gasteiger partial charge in [-0.05, 0) is 24.8 Å². The summed E-state index contributed by atoms with van der Waals surface area (Å²) in [5.74, 6) is 0. The summed E-state index contributed by atoms with van der Waals surface area (Å²) in [6, 6.07) is 0.824. The van der Waals surface area contributed by atoms with Crippen LogP contribution in [-0.4, -0.2) is 12.6 Å². The maximum Gasteiger partial charge on any atom is 0.00841 e. The summed E-state index contributed by atoms with van der Waals surface area (Å²) < 4.78 is 0. The van der Waals surface area contributed by atoms with Crippen molar-refractivity contribution in [3.8, 4) is 0 Å². The van der Waals surface area contributed by atoms with E-state index in [0.29, 0.717) is 5.41 Å². The van der Waals surface area contributed by atoms with Crippen molar-refractivity contribution in [2.75, 3.05) is 6.54 Å². The fraction of sp³-hybridized carbons (Fsp3) is 1.00. The monoisotopic (exact) mass is 127 g/mol. The Labute approximate surface area is 57.8 Å². The van der Waals surface area contributed by atoms with E-state index in [0.717, 1.165) is 6.04 Å². The third kappa shape index (κ3) is 2.35. The van der Waals surface area contributed by atoms with Gasteiger partial charge in [0.2, 0.25) is 0 Å². The third-order valence-electron chi connectivity index (χ3n) is 1.78. The molecule has 9 heavy (non-hydrogen) atoms. The summed E-state index contributed by atoms with van der Waals surface area (Å²) >= 11 is 0. The molecule has 1 aliphatic rings. The summed E-state index contributed by atoms with van der Waals surface area (Å²) in [6.07, 6.45) is 2.71. The lowest BCUT2D eigenvalue weighted by atomic mass is 9.85. The van der Waals surface area contributed by atoms with Gasteiger partial charge in [0.05, 0.1) is 0 Å². The Morgan fingerprint density at radius 2 is 2.00 bits per heavy atom. The Morgan fingerprint density at radius 3 is 2.11 bits per heavy atom. The molecule has 0 aromatic rings. The topological polar surface area (TPSA) is 12.0 Å². The molecule has 1 aliphatic heterocycles. The zero-order valence-corrected chi connectivity index (χ0v) is 6.70. The third-order valence-corrected chi connectivity index (χ3v) is 1.78. The van der Waals surface area contributed by atoms with Crippen LogP contribution in [0.4, 0.5) is 0 Å². The van der Waals surface area contributed by atoms with Crippen LogP contribution >= 0.6 is 0 Å². The van der Waals surface area contributed by atoms with Crippen LogP contribution in [0.5, 0.6) is 0 Å². The van der Waals surface area contributed by atoms with Gasteiger partial charge in [-0.25, -0.2) is 0 Å². The van der Waals surface area contributed by atoms with E-state index < -0.39 is 0 Å². The zero-order chi connectivity index (χ0) is 6.91. The minimum atomic E-state index is 0.512. The van der Waals surface area contributed by atoms with Crippen molar-refractivity contribution in [1.82, 2.24) is 5.32 Å². The molecule has 0 radical (unpaired) electrons. The first kappa shape index (κ1) is 7.07. The van der Waals surface area contributed by atoms with Crippen LogP contribution in [0.1, 0.15) is 33.6 Å². The summed E-state index contributed by atoms with van der Waals surface area (Å²) in [4.78, 5) is 0. The Kier molecular flexibility index (Phi) is 1.80. The van der Waals surface area contributed by atoms with E-state index >= 15 is 0 Å². The molecule has 0 saturated carbocycles. The van der Waals surface area contributed by atoms with Crippen LogP contribution in [0, 0.1) is 5.41 Å². The molecule has 0 amide bonds. The highest BCUT2D eigenvalue weighted by molar-refractivity contribution is 4.81. The van der Waals surface area contributed by atoms with Gasteiger partial charge in [0, 0.05) is 6.04 Å². The molecule has 1 heteroatoms. The standard InChI is InChI=1S/C8H17N/c1-8(2,3)6-7-4-5-9-7/h7,9H,4-6H2,1-3H3. The average molecular weight is 127 g/mol. The fourth-order valence-electron chi connectivity index (χ4n) is 1.26. The smallest absolute Gasteiger partial charge is 0.00841 e. The van der Waals surface area contributed by atoms with Crippen molar-refractivity contribution in [3.05, 3.63) is 0 Å². The minimum absolute atomic E-state index is 0.512. The molecular formula is C8H17N. The predicted molar refractivity (Wildman–Crippen MR) is 40.5 cm³/mol. The van der Waals surface area contributed by atoms with E-state index in [1.807, 2.05) is 0 Å². The number of hydrogen-bond acceptors (Lipinski definition) is 1. The minimum Gasteiger partial charge on any atom is -0.314 e. The molecule has 1 rings (SSSR count). The number of rotatable bonds is 1. The molecular weight excluding hydrogens is 110 g/mol. The van der Waals surface area contributed by atoms with Gasteiger partial charge in [0.15, 0.2) is 0 Å². The molecule has 1 unspecified atom stereocenters. The summed E-state index contributed by atoms with van der Waals surface area (Å²) in [5, 5.41) is 3.40. The van der Waals surface area contributed by atoms with Crippen molar-refractivity contribution in [2.45, 2.75) is 39.7 Å². The lowest BCUT2D eigenvalue weighted by molar-refractivity contribution is 0.249. The molecule has 1 nitrogen and oxygen atoms in total. The molecule has 0 aliphatic carbocycles. The first-order chi connectivity index (χ1) is 4.08. The van der Waals surface area contributed by atoms with Crippen molar-refractivity contribution in [2.24, 2.45) is 5.41 Å². The highest BCUT2D eigenvalue weighted by atomic mass is 15.0. The first-order valence-corrected chi connectivity index (χ1v) is 3.81. The van der Waals surface area contributed by atoms with E-state index in [2.05, 4.69) is 26.1 Å². The first-order valence-electron chi connectivity index (χ1n) is 3.81. The Hall–Kier alpha value is -0.0400. The molecule has 1 N–H and O–H groups in total. The Bertz CT molecular complexity index is 87.2. The highest BCUT2D eigenvalue weighted by Gasteiger charge is 2.22. The normalized spacial score (nSPS) is 27.7. The van der Waals surface area contributed by atoms with Gasteiger partial charge < -0.3 is 5.32 Å². The van der Waals surface area contributed by atoms with Crippen molar-refractivity contribution in [3.63, 3.8) is 0 Å². The molecule has 54 valence electrons. The fourth-order valence-corrected chi connectivity index (χ4v) is 1.26. The van der Waals surface area contributed by atoms with E-state index in [9.17, 15) is 0 Å². The summed E-state index contributed by atoms with van der Waals surface area (Å²) in [6.45, 7) is 8.13. The van der Waals surface area contributed by atoms with Gasteiger partial charge in [-0.1, -0.05) is 20.8 Å². The predicted octanol–water partition coefficient (Wildman–Crippen LogP) is 1.78. The maximum absolute atomic E-state index is 3.40. The van der Waals surface area contributed by atoms with Crippen molar-refractivity contribution in [1.29, 1.82) is 0 Å². The molecule has 0 spiro atoms. The van der Waals surface area contributed by atoms with E-state index in [1.54, 1.807) is 0 Å². The second-order valence-corrected chi connectivity index (χ2v) is 4.20. The largest absolute Gasteiger partial charge is 0.314 e. The zero-order valence-electron chi connectivity index (χ0n) is 6.70. The van der Waals surface area contributed by atoms with Crippen LogP contribution in [0.3, 0.4) is 0 Å². The second-order valence-electron chi connectivity index (χ2n) is 4.20. The van der Waals surface area contributed by atoms with Gasteiger partial charge in [0.25, 0.3) is 0 Å². The van der Waals surface area contributed by atoms with E-state index in [1.165, 1.54) is 19.4 Å². The Morgan fingerprint density at radius 1 is 1.44 bits per heavy atom. The molecule has 0 aromatic heterocycles. The van der Waals surface area contributed by atoms with Crippen LogP contribution in [-0.2, 0) is 0 Å². The second kappa shape index (κ2) is 2.30. The molecule has 1 atom stereocenters. The Balaban J connectivity index is 2.16. The lowest BCUT2D eigenvalue weighted by Gasteiger charge is -2.33.